The molecule has 4 saturated carbocycles. The van der Waals surface area contributed by atoms with E-state index < -0.39 is 5.97 Å². The minimum atomic E-state index is -0.397. The third kappa shape index (κ3) is 3.41. The number of hydrogen-bond acceptors (Lipinski definition) is 5. The first-order valence-electron chi connectivity index (χ1n) is 14.4. The number of benzene rings is 3. The van der Waals surface area contributed by atoms with Crippen LogP contribution in [-0.4, -0.2) is 26.7 Å². The van der Waals surface area contributed by atoms with Crippen LogP contribution in [0, 0.1) is 29.1 Å². The first-order valence-corrected chi connectivity index (χ1v) is 14.4. The first kappa shape index (κ1) is 24.6. The highest BCUT2D eigenvalue weighted by molar-refractivity contribution is 5.97. The van der Waals surface area contributed by atoms with Crippen LogP contribution < -0.4 is 15.0 Å². The lowest BCUT2D eigenvalue weighted by Crippen LogP contribution is -2.87. The summed E-state index contributed by atoms with van der Waals surface area (Å²) in [6, 6.07) is 23.2. The molecular formula is C34H38N2O3. The van der Waals surface area contributed by atoms with Gasteiger partial charge in [-0.25, -0.2) is 4.79 Å². The molecule has 1 N–H and O–H groups in total. The molecule has 4 aliphatic carbocycles. The molecule has 0 aliphatic heterocycles. The Balaban J connectivity index is 1.04. The Kier molecular flexibility index (Phi) is 5.52. The van der Waals surface area contributed by atoms with Crippen LogP contribution in [0.4, 0.5) is 22.7 Å². The lowest BCUT2D eigenvalue weighted by Gasteiger charge is -2.91. The van der Waals surface area contributed by atoms with Crippen molar-refractivity contribution >= 4 is 28.7 Å². The summed E-state index contributed by atoms with van der Waals surface area (Å²) in [5, 5.41) is 3.38. The minimum Gasteiger partial charge on any atom is -0.493 e. The smallest absolute Gasteiger partial charge is 0.340 e. The number of methoxy groups -OCH3 is 1. The average molecular weight is 523 g/mol. The van der Waals surface area contributed by atoms with Gasteiger partial charge in [-0.1, -0.05) is 26.0 Å². The third-order valence-corrected chi connectivity index (χ3v) is 10.5. The Bertz CT molecular complexity index is 1390. The van der Waals surface area contributed by atoms with Crippen LogP contribution >= 0.6 is 0 Å². The highest BCUT2D eigenvalue weighted by atomic mass is 16.5. The molecular weight excluding hydrogens is 484 g/mol. The van der Waals surface area contributed by atoms with E-state index in [0.717, 1.165) is 34.5 Å². The maximum Gasteiger partial charge on any atom is 0.340 e. The van der Waals surface area contributed by atoms with Crippen LogP contribution in [0.2, 0.25) is 0 Å². The topological polar surface area (TPSA) is 50.8 Å². The Morgan fingerprint density at radius 3 is 2.15 bits per heavy atom. The number of carbonyl (C=O) groups excluding carboxylic acids is 1. The number of nitrogens with one attached hydrogen (secondary N) is 1. The second-order valence-corrected chi connectivity index (χ2v) is 12.7. The summed E-state index contributed by atoms with van der Waals surface area (Å²) in [4.78, 5) is 14.7. The Morgan fingerprint density at radius 1 is 0.949 bits per heavy atom. The number of anilines is 4. The van der Waals surface area contributed by atoms with Gasteiger partial charge in [0.25, 0.3) is 0 Å². The van der Waals surface area contributed by atoms with Gasteiger partial charge in [-0.15, -0.1) is 0 Å². The van der Waals surface area contributed by atoms with E-state index in [1.165, 1.54) is 38.5 Å². The average Bonchev–Trinajstić information content (AvgIpc) is 2.91. The minimum absolute atomic E-state index is 0.397. The van der Waals surface area contributed by atoms with E-state index in [1.54, 1.807) is 11.6 Å². The highest BCUT2D eigenvalue weighted by Gasteiger charge is 2.87. The second kappa shape index (κ2) is 8.77. The van der Waals surface area contributed by atoms with Gasteiger partial charge >= 0.3 is 5.97 Å². The van der Waals surface area contributed by atoms with Crippen LogP contribution in [0.15, 0.2) is 66.7 Å². The first-order chi connectivity index (χ1) is 18.9. The fraction of sp³-hybridized carbons (Fsp3) is 0.441. The quantitative estimate of drug-likeness (QED) is 0.292. The molecule has 39 heavy (non-hydrogen) atoms. The lowest BCUT2D eigenvalue weighted by molar-refractivity contribution is -0.395. The van der Waals surface area contributed by atoms with Gasteiger partial charge in [-0.05, 0) is 115 Å². The zero-order chi connectivity index (χ0) is 26.9. The number of esters is 1. The number of rotatable bonds is 9. The van der Waals surface area contributed by atoms with Gasteiger partial charge in [0.1, 0.15) is 5.75 Å². The molecule has 4 aliphatic rings. The van der Waals surface area contributed by atoms with Gasteiger partial charge in [0.15, 0.2) is 0 Å². The molecule has 0 saturated heterocycles. The standard InChI is InChI=1S/C34H38N2O3/c1-21(2)20-39-29-13-14-31(30(17-29)32(37)38-4)35-26-7-11-28(12-8-26)36(3)27-9-5-22(6-10-27)33-18-24-15-23-16-25(19-33)34(23,24)33/h5-14,17,21,23-25,35H,15-16,18-20H2,1-4H3. The highest BCUT2D eigenvalue weighted by Crippen LogP contribution is 2.92. The van der Waals surface area contributed by atoms with Crippen molar-refractivity contribution in [1.82, 2.24) is 0 Å². The molecule has 1 spiro atoms. The van der Waals surface area contributed by atoms with Crippen molar-refractivity contribution in [1.29, 1.82) is 0 Å². The number of hydrogen-bond donors (Lipinski definition) is 1. The number of ether oxygens (including phenoxy) is 2. The van der Waals surface area contributed by atoms with Crippen LogP contribution in [0.3, 0.4) is 0 Å². The summed E-state index contributed by atoms with van der Waals surface area (Å²) in [6.45, 7) is 4.78. The molecule has 0 aromatic heterocycles. The molecule has 5 nitrogen and oxygen atoms in total. The van der Waals surface area contributed by atoms with Crippen LogP contribution in [0.25, 0.3) is 0 Å². The van der Waals surface area contributed by atoms with E-state index in [4.69, 9.17) is 9.47 Å². The summed E-state index contributed by atoms with van der Waals surface area (Å²) in [5.41, 5.74) is 7.16. The maximum absolute atomic E-state index is 12.5. The van der Waals surface area contributed by atoms with Crippen molar-refractivity contribution in [3.8, 4) is 5.75 Å². The molecule has 202 valence electrons. The van der Waals surface area contributed by atoms with Crippen molar-refractivity contribution in [3.05, 3.63) is 77.9 Å². The Labute approximate surface area is 231 Å². The Hall–Kier alpha value is -3.47. The van der Waals surface area contributed by atoms with Gasteiger partial charge in [0, 0.05) is 29.5 Å². The summed E-state index contributed by atoms with van der Waals surface area (Å²) in [6.07, 6.45) is 5.86. The molecule has 0 amide bonds. The molecule has 3 aromatic rings. The predicted octanol–water partition coefficient (Wildman–Crippen LogP) is 7.71. The van der Waals surface area contributed by atoms with Gasteiger partial charge in [-0.3, -0.25) is 0 Å². The molecule has 0 bridgehead atoms. The SMILES string of the molecule is COC(=O)c1cc(OCC(C)C)ccc1Nc1ccc(N(C)c2ccc(C34CC5CC6CC(C3)C654)cc2)cc1. The van der Waals surface area contributed by atoms with Crippen molar-refractivity contribution in [2.45, 2.75) is 44.9 Å². The van der Waals surface area contributed by atoms with Crippen LogP contribution in [-0.2, 0) is 10.2 Å². The van der Waals surface area contributed by atoms with Crippen molar-refractivity contribution < 1.29 is 14.3 Å². The predicted molar refractivity (Wildman–Crippen MR) is 155 cm³/mol. The molecule has 7 rings (SSSR count). The van der Waals surface area contributed by atoms with Crippen molar-refractivity contribution in [3.63, 3.8) is 0 Å². The summed E-state index contributed by atoms with van der Waals surface area (Å²) in [7, 11) is 3.51. The van der Waals surface area contributed by atoms with Gasteiger partial charge in [-0.2, -0.15) is 0 Å². The molecule has 0 radical (unpaired) electrons. The van der Waals surface area contributed by atoms with Gasteiger partial charge in [0.2, 0.25) is 0 Å². The fourth-order valence-electron chi connectivity index (χ4n) is 8.76. The summed E-state index contributed by atoms with van der Waals surface area (Å²) in [5.74, 6) is 3.76. The van der Waals surface area contributed by atoms with Crippen LogP contribution in [0.1, 0.15) is 55.5 Å². The number of nitrogens with zero attached hydrogens (tertiary/aromatic N) is 1. The van der Waals surface area contributed by atoms with E-state index in [9.17, 15) is 4.79 Å². The molecule has 2 unspecified atom stereocenters. The molecule has 3 aromatic carbocycles. The maximum atomic E-state index is 12.5. The molecule has 2 atom stereocenters. The van der Waals surface area contributed by atoms with E-state index in [1.807, 2.05) is 24.3 Å². The zero-order valence-corrected chi connectivity index (χ0v) is 23.4. The van der Waals surface area contributed by atoms with Gasteiger partial charge < -0.3 is 19.7 Å². The van der Waals surface area contributed by atoms with Crippen LogP contribution in [0.5, 0.6) is 5.75 Å². The monoisotopic (exact) mass is 522 g/mol. The van der Waals surface area contributed by atoms with E-state index >= 15 is 0 Å². The molecule has 0 heterocycles. The van der Waals surface area contributed by atoms with Crippen molar-refractivity contribution in [2.75, 3.05) is 31.0 Å². The van der Waals surface area contributed by atoms with E-state index in [2.05, 4.69) is 67.5 Å². The summed E-state index contributed by atoms with van der Waals surface area (Å²) < 4.78 is 10.8. The normalized spacial score (nSPS) is 29.0. The second-order valence-electron chi connectivity index (χ2n) is 12.7. The van der Waals surface area contributed by atoms with E-state index in [-0.39, 0.29) is 0 Å². The largest absolute Gasteiger partial charge is 0.493 e. The fourth-order valence-corrected chi connectivity index (χ4v) is 8.76. The Morgan fingerprint density at radius 2 is 1.59 bits per heavy atom. The number of carbonyl (C=O) groups is 1. The summed E-state index contributed by atoms with van der Waals surface area (Å²) >= 11 is 0. The lowest BCUT2D eigenvalue weighted by atomic mass is 9.12. The van der Waals surface area contributed by atoms with E-state index in [0.29, 0.717) is 34.9 Å². The molecule has 5 heteroatoms. The zero-order valence-electron chi connectivity index (χ0n) is 23.4. The third-order valence-electron chi connectivity index (χ3n) is 10.5. The molecule has 4 fully saturated rings. The van der Waals surface area contributed by atoms with Gasteiger partial charge in [0.05, 0.1) is 25.0 Å². The van der Waals surface area contributed by atoms with Crippen molar-refractivity contribution in [2.24, 2.45) is 29.1 Å².